The number of rotatable bonds is 6. The van der Waals surface area contributed by atoms with Crippen LogP contribution in [0.25, 0.3) is 89.4 Å². The number of aromatic nitrogens is 4. The minimum absolute atomic E-state index is 0.274. The lowest BCUT2D eigenvalue weighted by Crippen LogP contribution is -2.15. The van der Waals surface area contributed by atoms with Crippen LogP contribution in [0.15, 0.2) is 176 Å². The highest BCUT2D eigenvalue weighted by Crippen LogP contribution is 2.50. The number of pyridine rings is 2. The number of hydrogen-bond donors (Lipinski definition) is 0. The average Bonchev–Trinajstić information content (AvgIpc) is 3.51. The fourth-order valence-corrected chi connectivity index (χ4v) is 8.13. The molecule has 0 saturated heterocycles. The molecule has 0 saturated carbocycles. The highest BCUT2D eigenvalue weighted by Gasteiger charge is 2.36. The molecule has 0 fully saturated rings. The summed E-state index contributed by atoms with van der Waals surface area (Å²) in [4.78, 5) is 19.8. The van der Waals surface area contributed by atoms with Crippen molar-refractivity contribution in [2.45, 2.75) is 19.3 Å². The second kappa shape index (κ2) is 13.6. The Morgan fingerprint density at radius 1 is 0.439 bits per heavy atom. The fraction of sp³-hybridized carbons (Fsp3) is 0.0577. The van der Waals surface area contributed by atoms with E-state index in [0.29, 0.717) is 11.4 Å². The van der Waals surface area contributed by atoms with Crippen LogP contribution in [0.3, 0.4) is 0 Å². The average molecular weight is 730 g/mol. The number of nitrogens with zero attached hydrogens (tertiary/aromatic N) is 5. The van der Waals surface area contributed by atoms with Gasteiger partial charge in [0.1, 0.15) is 0 Å². The van der Waals surface area contributed by atoms with Crippen LogP contribution in [0, 0.1) is 11.3 Å². The molecule has 5 nitrogen and oxygen atoms in total. The van der Waals surface area contributed by atoms with E-state index in [2.05, 4.69) is 140 Å². The van der Waals surface area contributed by atoms with E-state index in [1.165, 1.54) is 27.8 Å². The number of fused-ring (bicyclic) bond motifs is 4. The smallest absolute Gasteiger partial charge is 0.160 e. The molecule has 57 heavy (non-hydrogen) atoms. The Kier molecular flexibility index (Phi) is 8.13. The van der Waals surface area contributed by atoms with Crippen LogP contribution < -0.4 is 0 Å². The first-order valence-corrected chi connectivity index (χ1v) is 19.1. The molecular weight excluding hydrogens is 695 g/mol. The monoisotopic (exact) mass is 729 g/mol. The predicted molar refractivity (Wildman–Crippen MR) is 230 cm³/mol. The largest absolute Gasteiger partial charge is 0.255 e. The molecule has 10 rings (SSSR count). The van der Waals surface area contributed by atoms with Crippen LogP contribution in [0.1, 0.15) is 30.5 Å². The van der Waals surface area contributed by atoms with Crippen molar-refractivity contribution >= 4 is 11.0 Å². The Morgan fingerprint density at radius 3 is 1.77 bits per heavy atom. The van der Waals surface area contributed by atoms with Crippen LogP contribution >= 0.6 is 0 Å². The molecule has 9 aromatic rings. The SMILES string of the molecule is CC1(C)c2cc(C#N)ccc2-c2ccc(-c3cc(-c4cnc5cccnc5c4)cc(-c4cc(-c5ccc(-c6ccccc6)cc5)nc(-c5ccccc5)n4)c3)cc21. The van der Waals surface area contributed by atoms with Gasteiger partial charge in [-0.3, -0.25) is 9.97 Å². The van der Waals surface area contributed by atoms with E-state index in [0.717, 1.165) is 66.9 Å². The van der Waals surface area contributed by atoms with Gasteiger partial charge in [0.05, 0.1) is 34.1 Å². The summed E-state index contributed by atoms with van der Waals surface area (Å²) in [7, 11) is 0. The van der Waals surface area contributed by atoms with E-state index < -0.39 is 0 Å². The van der Waals surface area contributed by atoms with Gasteiger partial charge in [0.2, 0.25) is 0 Å². The molecule has 0 aliphatic heterocycles. The Morgan fingerprint density at radius 2 is 1.04 bits per heavy atom. The Hall–Kier alpha value is -7.55. The van der Waals surface area contributed by atoms with Crippen molar-refractivity contribution in [3.8, 4) is 84.5 Å². The number of nitriles is 1. The van der Waals surface area contributed by atoms with Gasteiger partial charge >= 0.3 is 0 Å². The Balaban J connectivity index is 1.15. The van der Waals surface area contributed by atoms with Crippen LogP contribution in [-0.4, -0.2) is 19.9 Å². The van der Waals surface area contributed by atoms with E-state index in [1.807, 2.05) is 54.7 Å². The van der Waals surface area contributed by atoms with E-state index in [4.69, 9.17) is 15.0 Å². The summed E-state index contributed by atoms with van der Waals surface area (Å²) in [6.45, 7) is 4.50. The van der Waals surface area contributed by atoms with Gasteiger partial charge in [0.15, 0.2) is 5.82 Å². The summed E-state index contributed by atoms with van der Waals surface area (Å²) < 4.78 is 0. The van der Waals surface area contributed by atoms with E-state index in [1.54, 1.807) is 6.20 Å². The Bertz CT molecular complexity index is 3040. The van der Waals surface area contributed by atoms with Gasteiger partial charge in [-0.05, 0) is 111 Å². The maximum atomic E-state index is 9.70. The lowest BCUT2D eigenvalue weighted by molar-refractivity contribution is 0.660. The van der Waals surface area contributed by atoms with Gasteiger partial charge in [0.25, 0.3) is 0 Å². The predicted octanol–water partition coefficient (Wildman–Crippen LogP) is 12.6. The van der Waals surface area contributed by atoms with Crippen molar-refractivity contribution in [2.24, 2.45) is 0 Å². The summed E-state index contributed by atoms with van der Waals surface area (Å²) in [6.07, 6.45) is 3.73. The fourth-order valence-electron chi connectivity index (χ4n) is 8.13. The van der Waals surface area contributed by atoms with E-state index >= 15 is 0 Å². The first kappa shape index (κ1) is 34.0. The van der Waals surface area contributed by atoms with Crippen molar-refractivity contribution in [3.05, 3.63) is 193 Å². The molecule has 0 N–H and O–H groups in total. The second-order valence-corrected chi connectivity index (χ2v) is 15.1. The first-order valence-electron chi connectivity index (χ1n) is 19.1. The third-order valence-corrected chi connectivity index (χ3v) is 11.2. The van der Waals surface area contributed by atoms with Crippen LogP contribution in [0.5, 0.6) is 0 Å². The highest BCUT2D eigenvalue weighted by molar-refractivity contribution is 5.88. The van der Waals surface area contributed by atoms with Gasteiger partial charge in [0, 0.05) is 40.1 Å². The van der Waals surface area contributed by atoms with E-state index in [9.17, 15) is 5.26 Å². The highest BCUT2D eigenvalue weighted by atomic mass is 14.9. The van der Waals surface area contributed by atoms with Gasteiger partial charge < -0.3 is 0 Å². The molecule has 3 heterocycles. The summed E-state index contributed by atoms with van der Waals surface area (Å²) in [5.74, 6) is 0.660. The van der Waals surface area contributed by atoms with Crippen LogP contribution in [-0.2, 0) is 5.41 Å². The first-order chi connectivity index (χ1) is 27.9. The minimum Gasteiger partial charge on any atom is -0.255 e. The van der Waals surface area contributed by atoms with Crippen molar-refractivity contribution in [3.63, 3.8) is 0 Å². The molecule has 5 heteroatoms. The quantitative estimate of drug-likeness (QED) is 0.170. The minimum atomic E-state index is -0.274. The van der Waals surface area contributed by atoms with Crippen molar-refractivity contribution in [1.29, 1.82) is 5.26 Å². The summed E-state index contributed by atoms with van der Waals surface area (Å²) in [5.41, 5.74) is 17.9. The number of benzene rings is 6. The summed E-state index contributed by atoms with van der Waals surface area (Å²) >= 11 is 0. The molecule has 0 amide bonds. The van der Waals surface area contributed by atoms with Crippen molar-refractivity contribution < 1.29 is 0 Å². The zero-order valence-corrected chi connectivity index (χ0v) is 31.5. The zero-order chi connectivity index (χ0) is 38.5. The second-order valence-electron chi connectivity index (χ2n) is 15.1. The van der Waals surface area contributed by atoms with Gasteiger partial charge in [-0.15, -0.1) is 0 Å². The van der Waals surface area contributed by atoms with Crippen LogP contribution in [0.4, 0.5) is 0 Å². The Labute approximate surface area is 331 Å². The summed E-state index contributed by atoms with van der Waals surface area (Å²) in [6, 6.07) is 59.1. The topological polar surface area (TPSA) is 75.3 Å². The molecular formula is C52H35N5. The lowest BCUT2D eigenvalue weighted by atomic mass is 9.81. The van der Waals surface area contributed by atoms with Gasteiger partial charge in [-0.1, -0.05) is 117 Å². The molecule has 1 aliphatic rings. The van der Waals surface area contributed by atoms with Crippen molar-refractivity contribution in [1.82, 2.24) is 19.9 Å². The maximum Gasteiger partial charge on any atom is 0.160 e. The molecule has 268 valence electrons. The third-order valence-electron chi connectivity index (χ3n) is 11.2. The molecule has 6 aromatic carbocycles. The summed E-state index contributed by atoms with van der Waals surface area (Å²) in [5, 5.41) is 9.70. The third kappa shape index (κ3) is 6.14. The zero-order valence-electron chi connectivity index (χ0n) is 31.5. The molecule has 0 radical (unpaired) electrons. The lowest BCUT2D eigenvalue weighted by Gasteiger charge is -2.22. The molecule has 0 bridgehead atoms. The molecule has 0 atom stereocenters. The maximum absolute atomic E-state index is 9.70. The van der Waals surface area contributed by atoms with Crippen molar-refractivity contribution in [2.75, 3.05) is 0 Å². The molecule has 1 aliphatic carbocycles. The standard InChI is InChI=1S/C52H35N5/c1-52(2)45-24-33(31-53)15-21-43(45)44-22-20-38(28-46(44)52)39-25-40(42-29-50-47(55-32-42)14-9-23-54-50)27-41(26-39)49-30-48(56-51(57-49)37-12-7-4-8-13-37)36-18-16-35(17-19-36)34-10-5-3-6-11-34/h3-30,32H,1-2H3. The molecule has 0 unspecified atom stereocenters. The van der Waals surface area contributed by atoms with Crippen LogP contribution in [0.2, 0.25) is 0 Å². The molecule has 3 aromatic heterocycles. The normalized spacial score (nSPS) is 12.5. The molecule has 0 spiro atoms. The van der Waals surface area contributed by atoms with Gasteiger partial charge in [-0.25, -0.2) is 9.97 Å². The van der Waals surface area contributed by atoms with Gasteiger partial charge in [-0.2, -0.15) is 5.26 Å². The van der Waals surface area contributed by atoms with E-state index in [-0.39, 0.29) is 5.41 Å². The number of hydrogen-bond acceptors (Lipinski definition) is 5.